The molecular weight excluding hydrogens is 328 g/mol. The Bertz CT molecular complexity index is 872. The van der Waals surface area contributed by atoms with Crippen molar-refractivity contribution in [3.05, 3.63) is 46.3 Å². The SMILES string of the molecule is COc1ccc([C@H]2C(C#N)=C(C)NC3=C2C(=O)CC(C)(C)C3)cc1OC. The number of carbonyl (C=O) groups is 1. The number of Topliss-reactive ketones (excluding diaryl/α,β-unsaturated/α-hetero) is 1. The monoisotopic (exact) mass is 352 g/mol. The molecule has 0 fully saturated rings. The molecule has 26 heavy (non-hydrogen) atoms. The molecule has 0 unspecified atom stereocenters. The Morgan fingerprint density at radius 2 is 1.88 bits per heavy atom. The first-order valence-electron chi connectivity index (χ1n) is 8.67. The summed E-state index contributed by atoms with van der Waals surface area (Å²) in [5.41, 5.74) is 3.79. The van der Waals surface area contributed by atoms with Gasteiger partial charge in [-0.1, -0.05) is 19.9 Å². The van der Waals surface area contributed by atoms with Crippen molar-refractivity contribution in [2.45, 2.75) is 39.5 Å². The zero-order valence-corrected chi connectivity index (χ0v) is 15.9. The lowest BCUT2D eigenvalue weighted by molar-refractivity contribution is -0.118. The van der Waals surface area contributed by atoms with Crippen molar-refractivity contribution in [2.75, 3.05) is 14.2 Å². The van der Waals surface area contributed by atoms with E-state index in [4.69, 9.17) is 9.47 Å². The van der Waals surface area contributed by atoms with Gasteiger partial charge in [0, 0.05) is 23.4 Å². The van der Waals surface area contributed by atoms with E-state index in [1.165, 1.54) is 0 Å². The van der Waals surface area contributed by atoms with Gasteiger partial charge in [0.05, 0.1) is 31.8 Å². The summed E-state index contributed by atoms with van der Waals surface area (Å²) >= 11 is 0. The molecule has 0 spiro atoms. The molecule has 0 saturated heterocycles. The number of hydrogen-bond donors (Lipinski definition) is 1. The fourth-order valence-corrected chi connectivity index (χ4v) is 3.95. The maximum atomic E-state index is 13.0. The van der Waals surface area contributed by atoms with Crippen LogP contribution in [0.5, 0.6) is 11.5 Å². The molecule has 0 saturated carbocycles. The van der Waals surface area contributed by atoms with Crippen LogP contribution < -0.4 is 14.8 Å². The first-order chi connectivity index (χ1) is 12.3. The second-order valence-corrected chi connectivity index (χ2v) is 7.66. The summed E-state index contributed by atoms with van der Waals surface area (Å²) in [6, 6.07) is 7.88. The Morgan fingerprint density at radius 3 is 2.50 bits per heavy atom. The summed E-state index contributed by atoms with van der Waals surface area (Å²) in [7, 11) is 3.16. The van der Waals surface area contributed by atoms with Gasteiger partial charge in [0.15, 0.2) is 17.3 Å². The molecule has 1 atom stereocenters. The van der Waals surface area contributed by atoms with E-state index < -0.39 is 0 Å². The minimum absolute atomic E-state index is 0.0878. The third-order valence-electron chi connectivity index (χ3n) is 5.10. The topological polar surface area (TPSA) is 71.3 Å². The number of allylic oxidation sites excluding steroid dienone is 4. The minimum atomic E-state index is -0.375. The Morgan fingerprint density at radius 1 is 1.19 bits per heavy atom. The standard InChI is InChI=1S/C21H24N2O3/c1-12-14(11-22)19(13-6-7-17(25-4)18(8-13)26-5)20-15(23-12)9-21(2,3)10-16(20)24/h6-8,19,23H,9-10H2,1-5H3/t19-/m0/s1. The molecule has 1 aromatic carbocycles. The number of hydrogen-bond acceptors (Lipinski definition) is 5. The van der Waals surface area contributed by atoms with E-state index in [1.54, 1.807) is 14.2 Å². The molecule has 0 amide bonds. The van der Waals surface area contributed by atoms with Crippen LogP contribution in [0.25, 0.3) is 0 Å². The largest absolute Gasteiger partial charge is 0.493 e. The number of dihydropyridines is 1. The van der Waals surface area contributed by atoms with Crippen molar-refractivity contribution in [1.82, 2.24) is 5.32 Å². The predicted molar refractivity (Wildman–Crippen MR) is 98.8 cm³/mol. The lowest BCUT2D eigenvalue weighted by Crippen LogP contribution is -2.36. The van der Waals surface area contributed by atoms with Crippen LogP contribution in [-0.2, 0) is 4.79 Å². The van der Waals surface area contributed by atoms with Gasteiger partial charge in [-0.15, -0.1) is 0 Å². The summed E-state index contributed by atoms with van der Waals surface area (Å²) in [6.07, 6.45) is 1.27. The van der Waals surface area contributed by atoms with Gasteiger partial charge in [-0.25, -0.2) is 0 Å². The van der Waals surface area contributed by atoms with Gasteiger partial charge < -0.3 is 14.8 Å². The second-order valence-electron chi connectivity index (χ2n) is 7.66. The van der Waals surface area contributed by atoms with E-state index in [2.05, 4.69) is 25.2 Å². The number of benzene rings is 1. The maximum Gasteiger partial charge on any atom is 0.162 e. The highest BCUT2D eigenvalue weighted by molar-refractivity contribution is 6.00. The zero-order valence-electron chi connectivity index (χ0n) is 15.9. The number of nitrogens with one attached hydrogen (secondary N) is 1. The van der Waals surface area contributed by atoms with Crippen molar-refractivity contribution in [3.8, 4) is 17.6 Å². The van der Waals surface area contributed by atoms with Crippen molar-refractivity contribution < 1.29 is 14.3 Å². The minimum Gasteiger partial charge on any atom is -0.493 e. The molecule has 1 N–H and O–H groups in total. The van der Waals surface area contributed by atoms with E-state index in [1.807, 2.05) is 25.1 Å². The van der Waals surface area contributed by atoms with E-state index in [0.717, 1.165) is 23.4 Å². The fourth-order valence-electron chi connectivity index (χ4n) is 3.95. The van der Waals surface area contributed by atoms with Crippen molar-refractivity contribution in [3.63, 3.8) is 0 Å². The van der Waals surface area contributed by atoms with Gasteiger partial charge in [0.1, 0.15) is 0 Å². The number of nitriles is 1. The Kier molecular flexibility index (Phi) is 4.53. The summed E-state index contributed by atoms with van der Waals surface area (Å²) in [5, 5.41) is 13.1. The van der Waals surface area contributed by atoms with Crippen LogP contribution >= 0.6 is 0 Å². The lowest BCUT2D eigenvalue weighted by Gasteiger charge is -2.38. The molecule has 5 heteroatoms. The third-order valence-corrected chi connectivity index (χ3v) is 5.10. The van der Waals surface area contributed by atoms with E-state index in [-0.39, 0.29) is 17.1 Å². The Balaban J connectivity index is 2.18. The molecule has 1 aromatic rings. The molecule has 1 heterocycles. The molecule has 3 rings (SSSR count). The first-order valence-corrected chi connectivity index (χ1v) is 8.67. The number of ketones is 1. The molecule has 1 aliphatic heterocycles. The van der Waals surface area contributed by atoms with Gasteiger partial charge >= 0.3 is 0 Å². The highest BCUT2D eigenvalue weighted by Crippen LogP contribution is 2.47. The van der Waals surface area contributed by atoms with Crippen molar-refractivity contribution >= 4 is 5.78 Å². The molecule has 0 aromatic heterocycles. The van der Waals surface area contributed by atoms with Gasteiger partial charge in [-0.05, 0) is 36.5 Å². The summed E-state index contributed by atoms with van der Waals surface area (Å²) in [4.78, 5) is 13.0. The average Bonchev–Trinajstić information content (AvgIpc) is 2.58. The number of rotatable bonds is 3. The Hall–Kier alpha value is -2.74. The van der Waals surface area contributed by atoms with Crippen LogP contribution in [0, 0.1) is 16.7 Å². The molecule has 5 nitrogen and oxygen atoms in total. The first kappa shape index (κ1) is 18.1. The van der Waals surface area contributed by atoms with E-state index >= 15 is 0 Å². The van der Waals surface area contributed by atoms with Gasteiger partial charge in [-0.3, -0.25) is 4.79 Å². The summed E-state index contributed by atoms with van der Waals surface area (Å²) in [6.45, 7) is 6.09. The van der Waals surface area contributed by atoms with Gasteiger partial charge in [0.25, 0.3) is 0 Å². The smallest absolute Gasteiger partial charge is 0.162 e. The molecule has 0 bridgehead atoms. The van der Waals surface area contributed by atoms with Crippen LogP contribution in [0.4, 0.5) is 0 Å². The molecule has 136 valence electrons. The molecule has 2 aliphatic rings. The average molecular weight is 352 g/mol. The quantitative estimate of drug-likeness (QED) is 0.895. The van der Waals surface area contributed by atoms with Crippen LogP contribution in [-0.4, -0.2) is 20.0 Å². The van der Waals surface area contributed by atoms with Crippen LogP contribution in [0.3, 0.4) is 0 Å². The van der Waals surface area contributed by atoms with Crippen LogP contribution in [0.15, 0.2) is 40.7 Å². The highest BCUT2D eigenvalue weighted by Gasteiger charge is 2.41. The maximum absolute atomic E-state index is 13.0. The molecular formula is C21H24N2O3. The third kappa shape index (κ3) is 2.96. The predicted octanol–water partition coefficient (Wildman–Crippen LogP) is 3.83. The van der Waals surface area contributed by atoms with Gasteiger partial charge in [0.2, 0.25) is 0 Å². The number of nitrogens with zero attached hydrogens (tertiary/aromatic N) is 1. The van der Waals surface area contributed by atoms with E-state index in [9.17, 15) is 10.1 Å². The molecule has 1 aliphatic carbocycles. The highest BCUT2D eigenvalue weighted by atomic mass is 16.5. The lowest BCUT2D eigenvalue weighted by atomic mass is 9.69. The van der Waals surface area contributed by atoms with Gasteiger partial charge in [-0.2, -0.15) is 5.26 Å². The summed E-state index contributed by atoms with van der Waals surface area (Å²) < 4.78 is 10.7. The van der Waals surface area contributed by atoms with Crippen LogP contribution in [0.1, 0.15) is 45.1 Å². The zero-order chi connectivity index (χ0) is 19.1. The van der Waals surface area contributed by atoms with Crippen molar-refractivity contribution in [2.24, 2.45) is 5.41 Å². The number of ether oxygens (including phenoxy) is 2. The second kappa shape index (κ2) is 6.53. The van der Waals surface area contributed by atoms with Crippen molar-refractivity contribution in [1.29, 1.82) is 5.26 Å². The molecule has 0 radical (unpaired) electrons. The summed E-state index contributed by atoms with van der Waals surface area (Å²) in [5.74, 6) is 0.933. The normalized spacial score (nSPS) is 21.7. The number of carbonyl (C=O) groups excluding carboxylic acids is 1. The van der Waals surface area contributed by atoms with Crippen LogP contribution in [0.2, 0.25) is 0 Å². The number of methoxy groups -OCH3 is 2. The van der Waals surface area contributed by atoms with E-state index in [0.29, 0.717) is 29.1 Å². The Labute approximate surface area is 154 Å². The fraction of sp³-hybridized carbons (Fsp3) is 0.429.